The maximum atomic E-state index is 10.5. The van der Waals surface area contributed by atoms with E-state index in [2.05, 4.69) is 20.5 Å². The number of aromatic carboxylic acids is 1. The monoisotopic (exact) mass is 204 g/mol. The number of hydrogen-bond donors (Lipinski definition) is 3. The van der Waals surface area contributed by atoms with Crippen LogP contribution in [0.3, 0.4) is 0 Å². The molecule has 0 aliphatic carbocycles. The number of rotatable bonds is 3. The van der Waals surface area contributed by atoms with Crippen molar-refractivity contribution in [2.75, 3.05) is 5.32 Å². The summed E-state index contributed by atoms with van der Waals surface area (Å²) in [5.74, 6) is -1.04. The quantitative estimate of drug-likeness (QED) is 0.699. The number of nitrogens with one attached hydrogen (secondary N) is 2. The Hall–Kier alpha value is -2.37. The van der Waals surface area contributed by atoms with E-state index >= 15 is 0 Å². The second-order valence-corrected chi connectivity index (χ2v) is 2.85. The highest BCUT2D eigenvalue weighted by atomic mass is 16.4. The van der Waals surface area contributed by atoms with Crippen LogP contribution in [0.5, 0.6) is 0 Å². The Balaban J connectivity index is 2.14. The largest absolute Gasteiger partial charge is 0.477 e. The molecule has 2 aromatic rings. The summed E-state index contributed by atoms with van der Waals surface area (Å²) in [5.41, 5.74) is 1.52. The van der Waals surface area contributed by atoms with Gasteiger partial charge in [0.2, 0.25) is 0 Å². The molecule has 2 rings (SSSR count). The fourth-order valence-electron chi connectivity index (χ4n) is 1.08. The highest BCUT2D eigenvalue weighted by Crippen LogP contribution is 2.13. The molecule has 15 heavy (non-hydrogen) atoms. The molecule has 6 heteroatoms. The van der Waals surface area contributed by atoms with Crippen LogP contribution in [0.4, 0.5) is 11.4 Å². The lowest BCUT2D eigenvalue weighted by Gasteiger charge is -2.02. The van der Waals surface area contributed by atoms with E-state index in [1.165, 1.54) is 12.3 Å². The van der Waals surface area contributed by atoms with Gasteiger partial charge in [-0.05, 0) is 12.1 Å². The van der Waals surface area contributed by atoms with Gasteiger partial charge in [0.1, 0.15) is 5.69 Å². The van der Waals surface area contributed by atoms with Crippen LogP contribution in [0.1, 0.15) is 10.5 Å². The number of hydrogen-bond acceptors (Lipinski definition) is 4. The number of aromatic nitrogens is 3. The van der Waals surface area contributed by atoms with Crippen molar-refractivity contribution in [2.24, 2.45) is 0 Å². The normalized spacial score (nSPS) is 9.87. The van der Waals surface area contributed by atoms with Gasteiger partial charge in [0.15, 0.2) is 0 Å². The minimum absolute atomic E-state index is 0.0211. The number of nitrogens with zero attached hydrogens (tertiary/aromatic N) is 2. The smallest absolute Gasteiger partial charge is 0.354 e. The Kier molecular flexibility index (Phi) is 2.32. The Morgan fingerprint density at radius 1 is 1.33 bits per heavy atom. The maximum absolute atomic E-state index is 10.5. The molecule has 0 amide bonds. The highest BCUT2D eigenvalue weighted by molar-refractivity contribution is 5.85. The standard InChI is InChI=1S/C9H8N4O2/c14-9(15)8-2-1-6(3-10-8)13-7-4-11-12-5-7/h1-5,13H,(H,11,12)(H,14,15). The number of pyridine rings is 1. The number of carbonyl (C=O) groups is 1. The Morgan fingerprint density at radius 2 is 2.20 bits per heavy atom. The van der Waals surface area contributed by atoms with Gasteiger partial charge in [-0.25, -0.2) is 9.78 Å². The number of anilines is 2. The van der Waals surface area contributed by atoms with Gasteiger partial charge < -0.3 is 10.4 Å². The van der Waals surface area contributed by atoms with Gasteiger partial charge in [-0.3, -0.25) is 5.10 Å². The first kappa shape index (κ1) is 9.20. The molecule has 0 spiro atoms. The summed E-state index contributed by atoms with van der Waals surface area (Å²) in [7, 11) is 0. The molecule has 0 aliphatic heterocycles. The van der Waals surface area contributed by atoms with E-state index in [1.54, 1.807) is 18.5 Å². The Labute approximate surface area is 85.0 Å². The molecule has 0 radical (unpaired) electrons. The number of aromatic amines is 1. The Bertz CT molecular complexity index is 449. The summed E-state index contributed by atoms with van der Waals surface area (Å²) >= 11 is 0. The van der Waals surface area contributed by atoms with Crippen LogP contribution in [0, 0.1) is 0 Å². The zero-order chi connectivity index (χ0) is 10.7. The molecule has 0 bridgehead atoms. The molecular formula is C9H8N4O2. The van der Waals surface area contributed by atoms with E-state index in [1.807, 2.05) is 0 Å². The topological polar surface area (TPSA) is 90.9 Å². The molecule has 0 saturated heterocycles. The first-order chi connectivity index (χ1) is 7.25. The van der Waals surface area contributed by atoms with Crippen LogP contribution in [0.25, 0.3) is 0 Å². The van der Waals surface area contributed by atoms with Crippen LogP contribution in [-0.2, 0) is 0 Å². The average molecular weight is 204 g/mol. The van der Waals surface area contributed by atoms with Crippen molar-refractivity contribution in [1.82, 2.24) is 15.2 Å². The molecule has 0 atom stereocenters. The summed E-state index contributed by atoms with van der Waals surface area (Å²) in [4.78, 5) is 14.3. The van der Waals surface area contributed by atoms with Gasteiger partial charge in [-0.1, -0.05) is 0 Å². The van der Waals surface area contributed by atoms with Gasteiger partial charge in [-0.15, -0.1) is 0 Å². The van der Waals surface area contributed by atoms with E-state index in [9.17, 15) is 4.79 Å². The number of carboxylic acid groups (broad SMARTS) is 1. The molecule has 0 unspecified atom stereocenters. The van der Waals surface area contributed by atoms with E-state index in [4.69, 9.17) is 5.11 Å². The molecular weight excluding hydrogens is 196 g/mol. The third-order valence-electron chi connectivity index (χ3n) is 1.77. The average Bonchev–Trinajstić information content (AvgIpc) is 2.71. The summed E-state index contributed by atoms with van der Waals surface area (Å²) in [5, 5.41) is 18.1. The van der Waals surface area contributed by atoms with E-state index in [-0.39, 0.29) is 5.69 Å². The number of carboxylic acids is 1. The first-order valence-electron chi connectivity index (χ1n) is 4.21. The molecule has 2 aromatic heterocycles. The third-order valence-corrected chi connectivity index (χ3v) is 1.77. The highest BCUT2D eigenvalue weighted by Gasteiger charge is 2.03. The molecule has 2 heterocycles. The molecule has 76 valence electrons. The zero-order valence-corrected chi connectivity index (χ0v) is 7.64. The fraction of sp³-hybridized carbons (Fsp3) is 0. The zero-order valence-electron chi connectivity index (χ0n) is 7.64. The lowest BCUT2D eigenvalue weighted by molar-refractivity contribution is 0.0690. The maximum Gasteiger partial charge on any atom is 0.354 e. The van der Waals surface area contributed by atoms with Gasteiger partial charge >= 0.3 is 5.97 Å². The van der Waals surface area contributed by atoms with E-state index < -0.39 is 5.97 Å². The number of H-pyrrole nitrogens is 1. The van der Waals surface area contributed by atoms with Crippen molar-refractivity contribution in [3.8, 4) is 0 Å². The van der Waals surface area contributed by atoms with Crippen molar-refractivity contribution in [3.05, 3.63) is 36.4 Å². The predicted molar refractivity (Wildman–Crippen MR) is 53.1 cm³/mol. The minimum atomic E-state index is -1.04. The van der Waals surface area contributed by atoms with Crippen molar-refractivity contribution < 1.29 is 9.90 Å². The fourth-order valence-corrected chi connectivity index (χ4v) is 1.08. The van der Waals surface area contributed by atoms with Crippen molar-refractivity contribution in [1.29, 1.82) is 0 Å². The Morgan fingerprint density at radius 3 is 2.73 bits per heavy atom. The van der Waals surface area contributed by atoms with Crippen LogP contribution >= 0.6 is 0 Å². The van der Waals surface area contributed by atoms with E-state index in [0.29, 0.717) is 5.69 Å². The summed E-state index contributed by atoms with van der Waals surface area (Å²) in [6.45, 7) is 0. The van der Waals surface area contributed by atoms with Crippen molar-refractivity contribution >= 4 is 17.3 Å². The van der Waals surface area contributed by atoms with Crippen LogP contribution in [-0.4, -0.2) is 26.3 Å². The molecule has 0 saturated carbocycles. The summed E-state index contributed by atoms with van der Waals surface area (Å²) < 4.78 is 0. The predicted octanol–water partition coefficient (Wildman–Crippen LogP) is 1.25. The summed E-state index contributed by atoms with van der Waals surface area (Å²) in [6.07, 6.45) is 4.76. The van der Waals surface area contributed by atoms with Crippen molar-refractivity contribution in [3.63, 3.8) is 0 Å². The molecule has 0 aromatic carbocycles. The summed E-state index contributed by atoms with van der Waals surface area (Å²) in [6, 6.07) is 3.08. The van der Waals surface area contributed by atoms with Gasteiger partial charge in [0.05, 0.1) is 23.8 Å². The third kappa shape index (κ3) is 2.11. The lowest BCUT2D eigenvalue weighted by Crippen LogP contribution is -2.00. The molecule has 3 N–H and O–H groups in total. The van der Waals surface area contributed by atoms with Crippen molar-refractivity contribution in [2.45, 2.75) is 0 Å². The van der Waals surface area contributed by atoms with Gasteiger partial charge in [0, 0.05) is 6.20 Å². The molecule has 0 aliphatic rings. The van der Waals surface area contributed by atoms with Crippen LogP contribution in [0.2, 0.25) is 0 Å². The van der Waals surface area contributed by atoms with Gasteiger partial charge in [0.25, 0.3) is 0 Å². The minimum Gasteiger partial charge on any atom is -0.477 e. The van der Waals surface area contributed by atoms with Crippen LogP contribution < -0.4 is 5.32 Å². The first-order valence-corrected chi connectivity index (χ1v) is 4.21. The second-order valence-electron chi connectivity index (χ2n) is 2.85. The molecule has 0 fully saturated rings. The lowest BCUT2D eigenvalue weighted by atomic mass is 10.3. The second kappa shape index (κ2) is 3.79. The SMILES string of the molecule is O=C(O)c1ccc(Nc2cn[nH]c2)cn1. The molecule has 6 nitrogen and oxygen atoms in total. The van der Waals surface area contributed by atoms with E-state index in [0.717, 1.165) is 5.69 Å². The van der Waals surface area contributed by atoms with Crippen LogP contribution in [0.15, 0.2) is 30.7 Å². The van der Waals surface area contributed by atoms with Gasteiger partial charge in [-0.2, -0.15) is 5.10 Å².